The topological polar surface area (TPSA) is 27.8 Å². The number of furan rings is 1. The van der Waals surface area contributed by atoms with Crippen molar-refractivity contribution < 1.29 is 4.42 Å². The normalized spacial score (nSPS) is 24.9. The zero-order valence-electron chi connectivity index (χ0n) is 80.9. The van der Waals surface area contributed by atoms with E-state index in [0.717, 1.165) is 104 Å². The molecule has 3 heterocycles. The van der Waals surface area contributed by atoms with Crippen molar-refractivity contribution in [3.05, 3.63) is 446 Å². The van der Waals surface area contributed by atoms with Gasteiger partial charge in [0.2, 0.25) is 0 Å². The molecule has 0 amide bonds. The second kappa shape index (κ2) is 31.6. The van der Waals surface area contributed by atoms with Gasteiger partial charge in [0.1, 0.15) is 11.2 Å². The SMILES string of the molecule is c1ccc2c(c1)-c1cc(N(c3ccc(-n4c5ccccc5c5ccccc54)cc3)c3cccc4ccccc34)ccc1C21C2CC3CC(C2)CC1C3.c1ccc2c(c1)-c1cc(N(c3ccc4c(c3)oc3ccccc34)c3cccc4ccccc34)ccc1C21C2CC3CC(C2)CC1C3.c1ccc2c(c1)-c1cc(N(c3ccc4c(c3)sc3ccccc34)c3cccc4ccccc34)ccc1C21C2CC3CC(C2)CC1C3. The highest BCUT2D eigenvalue weighted by Crippen LogP contribution is 2.74. The summed E-state index contributed by atoms with van der Waals surface area (Å²) in [4.78, 5) is 7.49. The monoisotopic (exact) mass is 1870 g/mol. The van der Waals surface area contributed by atoms with Gasteiger partial charge < -0.3 is 23.7 Å². The van der Waals surface area contributed by atoms with Crippen LogP contribution in [0.15, 0.2) is 417 Å². The first kappa shape index (κ1) is 82.7. The van der Waals surface area contributed by atoms with Crippen molar-refractivity contribution in [2.75, 3.05) is 14.7 Å². The highest BCUT2D eigenvalue weighted by atomic mass is 32.1. The molecule has 0 aliphatic heterocycles. The number of benzene rings is 19. The third-order valence-electron chi connectivity index (χ3n) is 38.6. The van der Waals surface area contributed by atoms with Crippen LogP contribution in [0.25, 0.3) is 135 Å². The molecule has 12 saturated carbocycles. The average Bonchev–Trinajstić information content (AvgIpc) is 1.52. The van der Waals surface area contributed by atoms with Gasteiger partial charge in [-0.3, -0.25) is 0 Å². The van der Waals surface area contributed by atoms with Crippen LogP contribution in [0.5, 0.6) is 0 Å². The Labute approximate surface area is 844 Å². The molecule has 12 fully saturated rings. The van der Waals surface area contributed by atoms with Crippen LogP contribution in [-0.4, -0.2) is 4.57 Å². The van der Waals surface area contributed by atoms with Gasteiger partial charge in [-0.25, -0.2) is 0 Å². The van der Waals surface area contributed by atoms with Gasteiger partial charge >= 0.3 is 0 Å². The molecule has 0 unspecified atom stereocenters. The summed E-state index contributed by atoms with van der Waals surface area (Å²) in [6.07, 6.45) is 21.4. The van der Waals surface area contributed by atoms with E-state index in [4.69, 9.17) is 4.42 Å². The first-order chi connectivity index (χ1) is 71.3. The molecule has 144 heavy (non-hydrogen) atoms. The molecular weight excluding hydrogens is 1760 g/mol. The second-order valence-electron chi connectivity index (χ2n) is 45.3. The first-order valence-corrected chi connectivity index (χ1v) is 54.6. The zero-order chi connectivity index (χ0) is 93.9. The van der Waals surface area contributed by atoms with Gasteiger partial charge in [0.05, 0.1) is 28.1 Å². The van der Waals surface area contributed by atoms with Gasteiger partial charge in [-0.2, -0.15) is 0 Å². The molecule has 0 atom stereocenters. The lowest BCUT2D eigenvalue weighted by molar-refractivity contribution is -0.0399. The van der Waals surface area contributed by atoms with Crippen LogP contribution in [0.3, 0.4) is 0 Å². The Hall–Kier alpha value is -14.8. The summed E-state index contributed by atoms with van der Waals surface area (Å²) in [6, 6.07) is 155. The Morgan fingerprint density at radius 1 is 0.208 bits per heavy atom. The van der Waals surface area contributed by atoms with Gasteiger partial charge in [0.15, 0.2) is 0 Å². The number of aromatic nitrogens is 1. The van der Waals surface area contributed by atoms with Gasteiger partial charge in [0.25, 0.3) is 0 Å². The zero-order valence-corrected chi connectivity index (χ0v) is 81.7. The minimum Gasteiger partial charge on any atom is -0.456 e. The van der Waals surface area contributed by atoms with Crippen LogP contribution in [-0.2, 0) is 16.2 Å². The van der Waals surface area contributed by atoms with E-state index in [2.05, 4.69) is 426 Å². The number of para-hydroxylation sites is 3. The van der Waals surface area contributed by atoms with Gasteiger partial charge in [-0.1, -0.05) is 279 Å². The molecule has 0 N–H and O–H groups in total. The van der Waals surface area contributed by atoms with Crippen molar-refractivity contribution in [1.29, 1.82) is 0 Å². The first-order valence-electron chi connectivity index (χ1n) is 53.7. The number of fused-ring (bicyclic) bond motifs is 21. The largest absolute Gasteiger partial charge is 0.456 e. The highest BCUT2D eigenvalue weighted by Gasteiger charge is 2.65. The molecule has 12 bridgehead atoms. The van der Waals surface area contributed by atoms with E-state index in [0.29, 0.717) is 0 Å². The predicted octanol–water partition coefficient (Wildman–Crippen LogP) is 37.5. The van der Waals surface area contributed by atoms with E-state index >= 15 is 0 Å². The molecule has 0 saturated heterocycles. The Balaban J connectivity index is 0.0000000969. The lowest BCUT2D eigenvalue weighted by Gasteiger charge is -2.61. The van der Waals surface area contributed by atoms with Crippen LogP contribution in [0.2, 0.25) is 0 Å². The quantitative estimate of drug-likeness (QED) is 0.136. The fourth-order valence-corrected chi connectivity index (χ4v) is 35.1. The van der Waals surface area contributed by atoms with Crippen molar-refractivity contribution in [3.63, 3.8) is 0 Å². The van der Waals surface area contributed by atoms with Crippen LogP contribution < -0.4 is 14.7 Å². The molecule has 15 aliphatic rings. The summed E-state index contributed by atoms with van der Waals surface area (Å²) < 4.78 is 11.5. The Bertz CT molecular complexity index is 8600. The summed E-state index contributed by atoms with van der Waals surface area (Å²) >= 11 is 1.90. The molecule has 19 aromatic carbocycles. The predicted molar refractivity (Wildman–Crippen MR) is 600 cm³/mol. The van der Waals surface area contributed by atoms with E-state index in [-0.39, 0.29) is 16.2 Å². The summed E-state index contributed by atoms with van der Waals surface area (Å²) in [5.74, 6) is 10.3. The minimum absolute atomic E-state index is 0.173. The van der Waals surface area contributed by atoms with E-state index in [1.165, 1.54) is 249 Å². The van der Waals surface area contributed by atoms with Crippen molar-refractivity contribution in [2.24, 2.45) is 71.0 Å². The number of nitrogens with zero attached hydrogens (tertiary/aromatic N) is 4. The molecule has 694 valence electrons. The number of hydrogen-bond donors (Lipinski definition) is 0. The Kier molecular flexibility index (Phi) is 18.1. The van der Waals surface area contributed by atoms with Gasteiger partial charge in [-0.05, 0) is 378 Å². The van der Waals surface area contributed by atoms with Crippen molar-refractivity contribution in [2.45, 2.75) is 113 Å². The van der Waals surface area contributed by atoms with Gasteiger partial charge in [0, 0.05) is 120 Å². The fourth-order valence-electron chi connectivity index (χ4n) is 34.0. The maximum Gasteiger partial charge on any atom is 0.137 e. The third-order valence-corrected chi connectivity index (χ3v) is 39.7. The molecule has 0 radical (unpaired) electrons. The smallest absolute Gasteiger partial charge is 0.137 e. The van der Waals surface area contributed by atoms with E-state index in [9.17, 15) is 0 Å². The number of anilines is 9. The number of thiophene rings is 1. The maximum atomic E-state index is 6.43. The van der Waals surface area contributed by atoms with Crippen molar-refractivity contribution >= 4 is 159 Å². The summed E-state index contributed by atoms with van der Waals surface area (Å²) in [6.45, 7) is 0. The molecule has 3 spiro atoms. The molecular formula is C138H110N4OS. The summed E-state index contributed by atoms with van der Waals surface area (Å²) in [5, 5.41) is 15.1. The summed E-state index contributed by atoms with van der Waals surface area (Å²) in [7, 11) is 0. The Morgan fingerprint density at radius 2 is 0.507 bits per heavy atom. The van der Waals surface area contributed by atoms with Gasteiger partial charge in [-0.15, -0.1) is 11.3 Å². The van der Waals surface area contributed by atoms with Crippen molar-refractivity contribution in [3.8, 4) is 39.1 Å². The summed E-state index contributed by atoms with van der Waals surface area (Å²) in [5.41, 5.74) is 35.2. The lowest BCUT2D eigenvalue weighted by Crippen LogP contribution is -2.55. The highest BCUT2D eigenvalue weighted by molar-refractivity contribution is 7.25. The fraction of sp³-hybridized carbons (Fsp3) is 0.217. The molecule has 37 rings (SSSR count). The molecule has 22 aromatic rings. The molecule has 15 aliphatic carbocycles. The number of hydrogen-bond acceptors (Lipinski definition) is 5. The standard InChI is InChI=1S/C50H40N2.C44H35NO.C44H35NS/c1-2-12-40-34(10-1)11-9-19-47(40)51(37-20-22-38(23-21-37)52-48-17-7-4-14-42(48)43-15-5-8-18-49(43)52)39-24-25-46-44(31-39)41-13-3-6-16-45(41)50(46)35-27-32-26-33(29-35)30-36(50)28-32;2*1-2-10-34-29(8-1)9-7-14-41(34)45(33-16-18-37-36-12-4-6-15-42(36)46-43(37)26-33)32-17-19-40-38(25-32)35-11-3-5-13-39(35)44(40)30-21-27-20-28(23-30)24-31(44)22-27/h1-25,31-33,35-36H,26-30H2;2*1-19,25-28,30-31H,20-24H2. The van der Waals surface area contributed by atoms with E-state index in [1.54, 1.807) is 33.4 Å². The van der Waals surface area contributed by atoms with E-state index in [1.807, 2.05) is 17.4 Å². The molecule has 5 nitrogen and oxygen atoms in total. The molecule has 6 heteroatoms. The van der Waals surface area contributed by atoms with Crippen LogP contribution in [0.1, 0.15) is 130 Å². The van der Waals surface area contributed by atoms with Crippen LogP contribution in [0, 0.1) is 71.0 Å². The van der Waals surface area contributed by atoms with E-state index < -0.39 is 0 Å². The van der Waals surface area contributed by atoms with Crippen molar-refractivity contribution in [1.82, 2.24) is 4.57 Å². The molecule has 3 aromatic heterocycles. The van der Waals surface area contributed by atoms with Crippen LogP contribution in [0.4, 0.5) is 51.2 Å². The lowest BCUT2D eigenvalue weighted by atomic mass is 9.43. The van der Waals surface area contributed by atoms with Crippen LogP contribution >= 0.6 is 11.3 Å². The Morgan fingerprint density at radius 3 is 0.938 bits per heavy atom. The average molecular weight is 1870 g/mol. The second-order valence-corrected chi connectivity index (χ2v) is 46.4. The number of rotatable bonds is 10. The third kappa shape index (κ3) is 11.9. The maximum absolute atomic E-state index is 6.43. The minimum atomic E-state index is 0.173.